The number of hydrogen-bond acceptors (Lipinski definition) is 21. The zero-order valence-corrected chi connectivity index (χ0v) is 52.6. The maximum absolute atomic E-state index is 14.8. The molecule has 0 aromatic rings. The molecule has 3 fully saturated rings. The Labute approximate surface area is 499 Å². The zero-order chi connectivity index (χ0) is 65.0. The standard InChI is InChI=1S/C59H101N5O21/c1-25(2)35(54(77)63-46(28(7)8)42(70)20-36(26(3)4)53(76)62-32(12)56(79)80)19-39(67)31(11)61-52(75)29(9)17-40(68)38-18-34(85-59(14,15)16)22-64(38)55(78)37(27(5)6)21-41(69)45(60)33(13)81-57-30(10)51(48(72)44(24-66)82-57)84-58-50(74)49(73)47(71)43(23-65)83-58/h25-38,43-51,57-58,65-66,71-74H,17-24,60H2,1-16H3,(H,61,75)(H,62,76)(H,63,77)(H,79,80)/t29?,30?,31-,32-,33?,34?,35?,36?,37?,38-,43?,44?,45-,46-,47-,48-,49-,50?,51+,57-,58-/m0/s1. The van der Waals surface area contributed by atoms with Gasteiger partial charge >= 0.3 is 0 Å². The molecule has 0 spiro atoms. The van der Waals surface area contributed by atoms with E-state index >= 15 is 0 Å². The van der Waals surface area contributed by atoms with Crippen LogP contribution in [-0.2, 0) is 66.8 Å². The molecule has 0 aromatic heterocycles. The number of aliphatic carboxylic acids is 1. The van der Waals surface area contributed by atoms with Gasteiger partial charge in [-0.15, -0.1) is 0 Å². The predicted molar refractivity (Wildman–Crippen MR) is 301 cm³/mol. The third kappa shape index (κ3) is 20.6. The van der Waals surface area contributed by atoms with E-state index in [1.807, 2.05) is 20.8 Å². The highest BCUT2D eigenvalue weighted by Gasteiger charge is 2.51. The van der Waals surface area contributed by atoms with Crippen LogP contribution >= 0.6 is 0 Å². The number of ketones is 4. The molecule has 3 saturated heterocycles. The first-order chi connectivity index (χ1) is 39.3. The number of quaternary nitrogens is 1. The van der Waals surface area contributed by atoms with Gasteiger partial charge in [0.05, 0.1) is 61.2 Å². The molecular formula is C59H101N5O21. The van der Waals surface area contributed by atoms with E-state index < -0.39 is 217 Å². The van der Waals surface area contributed by atoms with E-state index in [9.17, 15) is 78.9 Å². The molecule has 26 heteroatoms. The predicted octanol–water partition coefficient (Wildman–Crippen LogP) is -2.12. The quantitative estimate of drug-likeness (QED) is 0.0344. The third-order valence-corrected chi connectivity index (χ3v) is 16.5. The summed E-state index contributed by atoms with van der Waals surface area (Å²) in [6.07, 6.45) is -16.3. The lowest BCUT2D eigenvalue weighted by molar-refractivity contribution is -0.432. The number of Topliss-reactive ketones (excluding diaryl/α,β-unsaturated/α-hetero) is 4. The molecule has 3 aliphatic heterocycles. The monoisotopic (exact) mass is 1220 g/mol. The van der Waals surface area contributed by atoms with E-state index in [1.165, 1.54) is 25.7 Å². The van der Waals surface area contributed by atoms with Gasteiger partial charge in [0.2, 0.25) is 23.6 Å². The summed E-state index contributed by atoms with van der Waals surface area (Å²) in [6, 6.07) is -5.63. The Morgan fingerprint density at radius 1 is 0.624 bits per heavy atom. The molecule has 0 radical (unpaired) electrons. The van der Waals surface area contributed by atoms with E-state index in [4.69, 9.17) is 23.7 Å². The number of rotatable bonds is 32. The van der Waals surface area contributed by atoms with Gasteiger partial charge < -0.3 is 90.8 Å². The van der Waals surface area contributed by atoms with Crippen molar-refractivity contribution in [1.29, 1.82) is 0 Å². The van der Waals surface area contributed by atoms with Gasteiger partial charge in [0.1, 0.15) is 42.7 Å². The topological polar surface area (TPSA) is 411 Å². The van der Waals surface area contributed by atoms with Crippen molar-refractivity contribution in [2.75, 3.05) is 19.8 Å². The summed E-state index contributed by atoms with van der Waals surface area (Å²) in [5.74, 6) is -12.1. The zero-order valence-electron chi connectivity index (χ0n) is 52.6. The Balaban J connectivity index is 1.73. The SMILES string of the molecule is CC(CC(=O)[C@@H]1CC(OC(C)(C)C)CN1C(=O)C(CC(=O)[C@@H]([NH3+])C(C)O[C@H]1OC(CO)[C@H](O)[C@H](O[C@@H]2OC(CO)[C@H](O)[C@H](O)C2O)C1C)C(C)C)C(=O)N[C@@H](C)C(=O)CC(C(=O)N[C@H](C(=O)CC(C(=O)N[C@@H](C)C(=O)[O-])C(C)C)C(C)C)C(C)C. The smallest absolute Gasteiger partial charge is 0.227 e. The molecule has 12 N–H and O–H groups in total. The number of amides is 4. The van der Waals surface area contributed by atoms with Crippen LogP contribution in [0.25, 0.3) is 0 Å². The van der Waals surface area contributed by atoms with Crippen molar-refractivity contribution < 1.29 is 108 Å². The molecule has 3 aliphatic rings. The minimum absolute atomic E-state index is 0.00279. The Kier molecular flexibility index (Phi) is 28.8. The number of nitrogens with zero attached hydrogens (tertiary/aromatic N) is 1. The molecule has 10 unspecified atom stereocenters. The summed E-state index contributed by atoms with van der Waals surface area (Å²) >= 11 is 0. The minimum atomic E-state index is -1.80. The van der Waals surface area contributed by atoms with E-state index in [-0.39, 0.29) is 44.6 Å². The number of carbonyl (C=O) groups is 9. The van der Waals surface area contributed by atoms with Crippen molar-refractivity contribution in [3.8, 4) is 0 Å². The maximum atomic E-state index is 14.8. The van der Waals surface area contributed by atoms with E-state index in [0.717, 1.165) is 0 Å². The lowest BCUT2D eigenvalue weighted by Gasteiger charge is -2.47. The molecule has 26 nitrogen and oxygen atoms in total. The van der Waals surface area contributed by atoms with Crippen LogP contribution in [0, 0.1) is 53.3 Å². The average Bonchev–Trinajstić information content (AvgIpc) is 3.93. The summed E-state index contributed by atoms with van der Waals surface area (Å²) < 4.78 is 29.8. The lowest BCUT2D eigenvalue weighted by Crippen LogP contribution is -2.71. The molecule has 85 heavy (non-hydrogen) atoms. The van der Waals surface area contributed by atoms with Crippen molar-refractivity contribution in [1.82, 2.24) is 20.9 Å². The molecular weight excluding hydrogens is 1110 g/mol. The Morgan fingerprint density at radius 2 is 1.12 bits per heavy atom. The van der Waals surface area contributed by atoms with Gasteiger partial charge in [0.15, 0.2) is 41.8 Å². The first-order valence-electron chi connectivity index (χ1n) is 29.9. The number of carbonyl (C=O) groups excluding carboxylic acids is 9. The van der Waals surface area contributed by atoms with Gasteiger partial charge in [-0.25, -0.2) is 0 Å². The molecule has 4 amide bonds. The van der Waals surface area contributed by atoms with Crippen LogP contribution in [0.5, 0.6) is 0 Å². The Hall–Kier alpha value is -4.45. The van der Waals surface area contributed by atoms with Gasteiger partial charge in [0.25, 0.3) is 0 Å². The first-order valence-corrected chi connectivity index (χ1v) is 29.9. The summed E-state index contributed by atoms with van der Waals surface area (Å²) in [5, 5.41) is 81.3. The van der Waals surface area contributed by atoms with Crippen molar-refractivity contribution in [3.63, 3.8) is 0 Å². The molecule has 3 heterocycles. The fraction of sp³-hybridized carbons (Fsp3) is 0.847. The molecule has 21 atom stereocenters. The number of aliphatic hydroxyl groups is 6. The van der Waals surface area contributed by atoms with Crippen LogP contribution < -0.4 is 26.8 Å². The van der Waals surface area contributed by atoms with Crippen molar-refractivity contribution in [2.24, 2.45) is 53.3 Å². The van der Waals surface area contributed by atoms with E-state index in [1.54, 1.807) is 69.2 Å². The average molecular weight is 1220 g/mol. The third-order valence-electron chi connectivity index (χ3n) is 16.5. The highest BCUT2D eigenvalue weighted by atomic mass is 16.7. The highest BCUT2D eigenvalue weighted by molar-refractivity contribution is 5.98. The fourth-order valence-electron chi connectivity index (χ4n) is 10.8. The number of carboxylic acid groups (broad SMARTS) is 1. The van der Waals surface area contributed by atoms with E-state index in [0.29, 0.717) is 0 Å². The van der Waals surface area contributed by atoms with Crippen LogP contribution in [0.2, 0.25) is 0 Å². The molecule has 0 bridgehead atoms. The first kappa shape index (κ1) is 74.8. The second-order valence-corrected chi connectivity index (χ2v) is 26.1. The molecule has 0 aromatic carbocycles. The van der Waals surface area contributed by atoms with Gasteiger partial charge in [-0.05, 0) is 65.2 Å². The number of carboxylic acids is 1. The molecule has 0 saturated carbocycles. The normalized spacial score (nSPS) is 28.9. The van der Waals surface area contributed by atoms with Crippen LogP contribution in [0.4, 0.5) is 0 Å². The minimum Gasteiger partial charge on any atom is -0.548 e. The number of aliphatic hydroxyl groups excluding tert-OH is 6. The molecule has 488 valence electrons. The fourth-order valence-corrected chi connectivity index (χ4v) is 10.8. The molecule has 3 rings (SSSR count). The summed E-state index contributed by atoms with van der Waals surface area (Å²) in [4.78, 5) is 124. The van der Waals surface area contributed by atoms with Gasteiger partial charge in [0, 0.05) is 68.2 Å². The van der Waals surface area contributed by atoms with Crippen molar-refractivity contribution in [2.45, 2.75) is 246 Å². The van der Waals surface area contributed by atoms with Crippen LogP contribution in [0.3, 0.4) is 0 Å². The summed E-state index contributed by atoms with van der Waals surface area (Å²) in [6.45, 7) is 25.2. The Bertz CT molecular complexity index is 2280. The number of ether oxygens (including phenoxy) is 5. The van der Waals surface area contributed by atoms with Crippen LogP contribution in [0.1, 0.15) is 143 Å². The molecule has 0 aliphatic carbocycles. The van der Waals surface area contributed by atoms with Gasteiger partial charge in [-0.1, -0.05) is 69.2 Å². The highest BCUT2D eigenvalue weighted by Crippen LogP contribution is 2.35. The Morgan fingerprint density at radius 3 is 1.62 bits per heavy atom. The van der Waals surface area contributed by atoms with Gasteiger partial charge in [-0.2, -0.15) is 0 Å². The number of likely N-dealkylation sites (tertiary alicyclic amines) is 1. The van der Waals surface area contributed by atoms with Crippen LogP contribution in [0.15, 0.2) is 0 Å². The van der Waals surface area contributed by atoms with E-state index in [2.05, 4.69) is 21.7 Å². The number of nitrogens with one attached hydrogen (secondary N) is 3. The second kappa shape index (κ2) is 32.7. The van der Waals surface area contributed by atoms with Crippen molar-refractivity contribution in [3.05, 3.63) is 0 Å². The number of hydrogen-bond donors (Lipinski definition) is 10. The summed E-state index contributed by atoms with van der Waals surface area (Å²) in [7, 11) is 0. The van der Waals surface area contributed by atoms with Crippen LogP contribution in [-0.4, -0.2) is 211 Å². The van der Waals surface area contributed by atoms with Gasteiger partial charge in [-0.3, -0.25) is 38.4 Å². The maximum Gasteiger partial charge on any atom is 0.227 e. The lowest BCUT2D eigenvalue weighted by atomic mass is 9.84. The largest absolute Gasteiger partial charge is 0.548 e. The summed E-state index contributed by atoms with van der Waals surface area (Å²) in [5.41, 5.74) is 3.38. The van der Waals surface area contributed by atoms with Crippen molar-refractivity contribution >= 4 is 52.7 Å². The second-order valence-electron chi connectivity index (χ2n) is 26.1.